The molecule has 0 bridgehead atoms. The van der Waals surface area contributed by atoms with Gasteiger partial charge in [-0.2, -0.15) is 0 Å². The smallest absolute Gasteiger partial charge is 0.301 e. The molecule has 5 rings (SSSR count). The monoisotopic (exact) mass is 553 g/mol. The number of amides is 1. The van der Waals surface area contributed by atoms with E-state index in [9.17, 15) is 14.7 Å². The number of aryl methyl sites for hydroxylation is 2. The lowest BCUT2D eigenvalue weighted by atomic mass is 9.95. The summed E-state index contributed by atoms with van der Waals surface area (Å²) in [6.45, 7) is 8.17. The molecule has 202 valence electrons. The zero-order valence-corrected chi connectivity index (χ0v) is 22.9. The number of nitrogens with zero attached hydrogens (tertiary/aromatic N) is 3. The molecule has 1 amide bonds. The highest BCUT2D eigenvalue weighted by atomic mass is 32.1. The summed E-state index contributed by atoms with van der Waals surface area (Å²) in [7, 11) is 0. The Morgan fingerprint density at radius 2 is 1.70 bits per heavy atom. The van der Waals surface area contributed by atoms with Crippen LogP contribution in [0, 0.1) is 13.8 Å². The fourth-order valence-corrected chi connectivity index (χ4v) is 5.18. The third kappa shape index (κ3) is 5.50. The maximum atomic E-state index is 13.3. The fourth-order valence-electron chi connectivity index (χ4n) is 4.46. The molecule has 0 aliphatic carbocycles. The van der Waals surface area contributed by atoms with E-state index in [1.165, 1.54) is 16.2 Å². The first-order valence-corrected chi connectivity index (χ1v) is 13.4. The van der Waals surface area contributed by atoms with Crippen molar-refractivity contribution in [2.24, 2.45) is 0 Å². The molecule has 1 N–H and O–H groups in total. The number of aromatic nitrogens is 2. The van der Waals surface area contributed by atoms with E-state index in [0.29, 0.717) is 40.8 Å². The van der Waals surface area contributed by atoms with E-state index in [1.807, 2.05) is 25.1 Å². The highest BCUT2D eigenvalue weighted by molar-refractivity contribution is 7.15. The average molecular weight is 554 g/mol. The van der Waals surface area contributed by atoms with E-state index in [1.54, 1.807) is 61.5 Å². The van der Waals surface area contributed by atoms with Crippen LogP contribution >= 0.6 is 11.3 Å². The van der Waals surface area contributed by atoms with Crippen LogP contribution in [0.2, 0.25) is 0 Å². The first kappa shape index (κ1) is 26.8. The van der Waals surface area contributed by atoms with Gasteiger partial charge in [-0.1, -0.05) is 66.0 Å². The van der Waals surface area contributed by atoms with Gasteiger partial charge < -0.3 is 14.6 Å². The van der Waals surface area contributed by atoms with Crippen LogP contribution in [0.15, 0.2) is 91.0 Å². The Morgan fingerprint density at radius 3 is 2.35 bits per heavy atom. The zero-order valence-electron chi connectivity index (χ0n) is 22.0. The first-order chi connectivity index (χ1) is 19.4. The zero-order chi connectivity index (χ0) is 28.2. The van der Waals surface area contributed by atoms with Crippen LogP contribution in [0.4, 0.5) is 5.13 Å². The number of carbonyl (C=O) groups excluding carboxylic acids is 2. The number of aliphatic hydroxyl groups is 1. The van der Waals surface area contributed by atoms with Crippen molar-refractivity contribution in [3.05, 3.63) is 118 Å². The minimum atomic E-state index is -0.905. The number of ether oxygens (including phenoxy) is 2. The molecule has 8 nitrogen and oxygen atoms in total. The SMILES string of the molecule is C=CCOc1ccc(C2/C(=C(\O)c3ccc(OCc4cccc(C)c4)cc3)C(=O)C(=O)N2c2nnc(C)s2)cc1. The molecule has 2 heterocycles. The lowest BCUT2D eigenvalue weighted by Gasteiger charge is -2.22. The third-order valence-corrected chi connectivity index (χ3v) is 7.18. The summed E-state index contributed by atoms with van der Waals surface area (Å²) in [5.41, 5.74) is 3.14. The van der Waals surface area contributed by atoms with Crippen molar-refractivity contribution in [1.29, 1.82) is 0 Å². The highest BCUT2D eigenvalue weighted by Crippen LogP contribution is 2.43. The maximum Gasteiger partial charge on any atom is 0.301 e. The molecule has 1 aliphatic heterocycles. The predicted octanol–water partition coefficient (Wildman–Crippen LogP) is 5.93. The van der Waals surface area contributed by atoms with Crippen LogP contribution in [-0.4, -0.2) is 33.6 Å². The Balaban J connectivity index is 1.49. The van der Waals surface area contributed by atoms with Gasteiger partial charge in [0.15, 0.2) is 0 Å². The predicted molar refractivity (Wildman–Crippen MR) is 154 cm³/mol. The van der Waals surface area contributed by atoms with Gasteiger partial charge in [-0.15, -0.1) is 10.2 Å². The minimum Gasteiger partial charge on any atom is -0.507 e. The molecule has 1 unspecified atom stereocenters. The number of benzene rings is 3. The quantitative estimate of drug-likeness (QED) is 0.119. The number of ketones is 1. The van der Waals surface area contributed by atoms with E-state index in [4.69, 9.17) is 9.47 Å². The van der Waals surface area contributed by atoms with Gasteiger partial charge >= 0.3 is 5.91 Å². The number of Topliss-reactive ketones (excluding diaryl/α,β-unsaturated/α-hetero) is 1. The van der Waals surface area contributed by atoms with Crippen molar-refractivity contribution in [3.63, 3.8) is 0 Å². The number of carbonyl (C=O) groups is 2. The summed E-state index contributed by atoms with van der Waals surface area (Å²) < 4.78 is 11.5. The molecule has 0 radical (unpaired) electrons. The normalized spacial score (nSPS) is 16.2. The highest BCUT2D eigenvalue weighted by Gasteiger charge is 2.48. The summed E-state index contributed by atoms with van der Waals surface area (Å²) in [5, 5.41) is 20.4. The second-order valence-corrected chi connectivity index (χ2v) is 10.4. The second-order valence-electron chi connectivity index (χ2n) is 9.24. The summed E-state index contributed by atoms with van der Waals surface area (Å²) >= 11 is 1.19. The standard InChI is InChI=1S/C31H27N3O5S/c1-4-16-38-24-12-8-22(9-13-24)27-26(29(36)30(37)34(27)31-33-32-20(3)40-31)28(35)23-10-14-25(15-11-23)39-18-21-7-5-6-19(2)17-21/h4-15,17,27,35H,1,16,18H2,2-3H3/b28-26+. The first-order valence-electron chi connectivity index (χ1n) is 12.6. The van der Waals surface area contributed by atoms with Crippen LogP contribution in [-0.2, 0) is 16.2 Å². The van der Waals surface area contributed by atoms with Crippen molar-refractivity contribution in [2.75, 3.05) is 11.5 Å². The summed E-state index contributed by atoms with van der Waals surface area (Å²) in [6.07, 6.45) is 1.64. The largest absolute Gasteiger partial charge is 0.507 e. The van der Waals surface area contributed by atoms with Gasteiger partial charge in [-0.25, -0.2) is 0 Å². The fraction of sp³-hybridized carbons (Fsp3) is 0.161. The lowest BCUT2D eigenvalue weighted by Crippen LogP contribution is -2.29. The van der Waals surface area contributed by atoms with Crippen LogP contribution < -0.4 is 14.4 Å². The number of rotatable bonds is 9. The van der Waals surface area contributed by atoms with E-state index >= 15 is 0 Å². The number of hydrogen-bond acceptors (Lipinski definition) is 8. The minimum absolute atomic E-state index is 0.0361. The van der Waals surface area contributed by atoms with Crippen molar-refractivity contribution in [3.8, 4) is 11.5 Å². The van der Waals surface area contributed by atoms with Crippen LogP contribution in [0.1, 0.15) is 33.3 Å². The van der Waals surface area contributed by atoms with Gasteiger partial charge in [0.05, 0.1) is 11.6 Å². The number of anilines is 1. The maximum absolute atomic E-state index is 13.3. The Labute approximate surface area is 235 Å². The van der Waals surface area contributed by atoms with Crippen LogP contribution in [0.5, 0.6) is 11.5 Å². The summed E-state index contributed by atoms with van der Waals surface area (Å²) in [5.74, 6) is -0.665. The molecule has 3 aromatic carbocycles. The van der Waals surface area contributed by atoms with Crippen LogP contribution in [0.3, 0.4) is 0 Å². The molecule has 1 saturated heterocycles. The second kappa shape index (κ2) is 11.5. The molecule has 1 aromatic heterocycles. The number of aliphatic hydroxyl groups excluding tert-OH is 1. The average Bonchev–Trinajstić information content (AvgIpc) is 3.50. The van der Waals surface area contributed by atoms with Gasteiger partial charge in [0.2, 0.25) is 5.13 Å². The molecule has 0 spiro atoms. The molecular formula is C31H27N3O5S. The van der Waals surface area contributed by atoms with E-state index in [2.05, 4.69) is 22.8 Å². The molecule has 0 saturated carbocycles. The van der Waals surface area contributed by atoms with E-state index in [0.717, 1.165) is 11.1 Å². The Bertz CT molecular complexity index is 1590. The van der Waals surface area contributed by atoms with Gasteiger partial charge in [0, 0.05) is 5.56 Å². The van der Waals surface area contributed by atoms with E-state index in [-0.39, 0.29) is 16.5 Å². The van der Waals surface area contributed by atoms with Crippen LogP contribution in [0.25, 0.3) is 5.76 Å². The Kier molecular flexibility index (Phi) is 7.75. The molecule has 9 heteroatoms. The molecule has 1 fully saturated rings. The molecular weight excluding hydrogens is 526 g/mol. The molecule has 1 aliphatic rings. The van der Waals surface area contributed by atoms with E-state index < -0.39 is 17.7 Å². The van der Waals surface area contributed by atoms with Gasteiger partial charge in [0.1, 0.15) is 35.5 Å². The van der Waals surface area contributed by atoms with Gasteiger partial charge in [-0.05, 0) is 61.4 Å². The summed E-state index contributed by atoms with van der Waals surface area (Å²) in [6, 6.07) is 20.9. The lowest BCUT2D eigenvalue weighted by molar-refractivity contribution is -0.132. The Hall–Kier alpha value is -4.76. The topological polar surface area (TPSA) is 102 Å². The van der Waals surface area contributed by atoms with Crippen molar-refractivity contribution in [2.45, 2.75) is 26.5 Å². The van der Waals surface area contributed by atoms with Crippen molar-refractivity contribution < 1.29 is 24.2 Å². The summed E-state index contributed by atoms with van der Waals surface area (Å²) in [4.78, 5) is 27.9. The number of hydrogen-bond donors (Lipinski definition) is 1. The molecule has 40 heavy (non-hydrogen) atoms. The molecule has 1 atom stereocenters. The van der Waals surface area contributed by atoms with Gasteiger partial charge in [0.25, 0.3) is 5.78 Å². The molecule has 4 aromatic rings. The van der Waals surface area contributed by atoms with Crippen molar-refractivity contribution >= 4 is 33.9 Å². The Morgan fingerprint density at radius 1 is 1.00 bits per heavy atom. The van der Waals surface area contributed by atoms with Crippen molar-refractivity contribution in [1.82, 2.24) is 10.2 Å². The third-order valence-electron chi connectivity index (χ3n) is 6.35. The van der Waals surface area contributed by atoms with Gasteiger partial charge in [-0.3, -0.25) is 14.5 Å².